The van der Waals surface area contributed by atoms with Crippen molar-refractivity contribution in [2.24, 2.45) is 0 Å². The van der Waals surface area contributed by atoms with Gasteiger partial charge in [-0.25, -0.2) is 4.98 Å². The zero-order valence-electron chi connectivity index (χ0n) is 21.0. The molecule has 3 aromatic carbocycles. The average molecular weight is 504 g/mol. The number of imidazole rings is 1. The summed E-state index contributed by atoms with van der Waals surface area (Å²) in [6.45, 7) is 0.316. The number of benzene rings is 3. The SMILES string of the molecule is O=C1CCCc2c1ccc(O[C@@H](Cc1ncc[nH]1)c1ccccc1)c2COc1ccc(-n2cccc2)cc1. The van der Waals surface area contributed by atoms with Gasteiger partial charge in [0.15, 0.2) is 5.78 Å². The lowest BCUT2D eigenvalue weighted by molar-refractivity contribution is 0.0971. The van der Waals surface area contributed by atoms with Crippen molar-refractivity contribution >= 4 is 5.78 Å². The topological polar surface area (TPSA) is 69.1 Å². The molecule has 2 aromatic heterocycles. The molecule has 0 fully saturated rings. The van der Waals surface area contributed by atoms with Gasteiger partial charge in [-0.2, -0.15) is 0 Å². The van der Waals surface area contributed by atoms with Crippen LogP contribution in [0.15, 0.2) is 104 Å². The lowest BCUT2D eigenvalue weighted by Gasteiger charge is -2.25. The largest absolute Gasteiger partial charge is 0.489 e. The number of H-pyrrole nitrogens is 1. The van der Waals surface area contributed by atoms with Crippen molar-refractivity contribution in [2.45, 2.75) is 38.4 Å². The van der Waals surface area contributed by atoms with Crippen LogP contribution in [0.1, 0.15) is 51.8 Å². The van der Waals surface area contributed by atoms with E-state index in [2.05, 4.69) is 26.7 Å². The molecule has 0 saturated heterocycles. The maximum Gasteiger partial charge on any atom is 0.163 e. The van der Waals surface area contributed by atoms with Crippen molar-refractivity contribution in [1.29, 1.82) is 0 Å². The Balaban J connectivity index is 1.30. The zero-order chi connectivity index (χ0) is 25.7. The lowest BCUT2D eigenvalue weighted by Crippen LogP contribution is -2.18. The fourth-order valence-corrected chi connectivity index (χ4v) is 5.06. The Kier molecular flexibility index (Phi) is 6.77. The summed E-state index contributed by atoms with van der Waals surface area (Å²) in [6, 6.07) is 26.0. The van der Waals surface area contributed by atoms with Crippen LogP contribution in [0, 0.1) is 0 Å². The number of hydrogen-bond donors (Lipinski definition) is 1. The maximum atomic E-state index is 12.7. The van der Waals surface area contributed by atoms with Crippen molar-refractivity contribution in [3.8, 4) is 17.2 Å². The van der Waals surface area contributed by atoms with E-state index in [1.807, 2.05) is 85.3 Å². The first-order valence-corrected chi connectivity index (χ1v) is 13.0. The van der Waals surface area contributed by atoms with Crippen LogP contribution in [-0.4, -0.2) is 20.3 Å². The van der Waals surface area contributed by atoms with Crippen molar-refractivity contribution < 1.29 is 14.3 Å². The van der Waals surface area contributed by atoms with Gasteiger partial charge in [0.2, 0.25) is 0 Å². The summed E-state index contributed by atoms with van der Waals surface area (Å²) in [6.07, 6.45) is 10.2. The van der Waals surface area contributed by atoms with Gasteiger partial charge < -0.3 is 19.0 Å². The van der Waals surface area contributed by atoms with E-state index < -0.39 is 0 Å². The molecule has 0 saturated carbocycles. The van der Waals surface area contributed by atoms with Gasteiger partial charge in [-0.05, 0) is 72.5 Å². The fourth-order valence-electron chi connectivity index (χ4n) is 5.06. The summed E-state index contributed by atoms with van der Waals surface area (Å²) in [5.74, 6) is 2.54. The first-order valence-electron chi connectivity index (χ1n) is 13.0. The molecule has 1 N–H and O–H groups in total. The van der Waals surface area contributed by atoms with Crippen LogP contribution in [0.2, 0.25) is 0 Å². The second-order valence-corrected chi connectivity index (χ2v) is 9.48. The Hall–Kier alpha value is -4.58. The molecule has 2 heterocycles. The van der Waals surface area contributed by atoms with Crippen molar-refractivity contribution in [2.75, 3.05) is 0 Å². The first-order chi connectivity index (χ1) is 18.7. The van der Waals surface area contributed by atoms with E-state index in [0.29, 0.717) is 19.4 Å². The zero-order valence-corrected chi connectivity index (χ0v) is 21.0. The number of ether oxygens (including phenoxy) is 2. The molecule has 1 aliphatic rings. The molecule has 6 rings (SSSR count). The molecule has 38 heavy (non-hydrogen) atoms. The molecular formula is C32H29N3O3. The minimum atomic E-state index is -0.251. The van der Waals surface area contributed by atoms with Crippen LogP contribution >= 0.6 is 0 Å². The van der Waals surface area contributed by atoms with E-state index in [0.717, 1.165) is 58.1 Å². The Morgan fingerprint density at radius 2 is 1.74 bits per heavy atom. The Bertz CT molecular complexity index is 1490. The predicted molar refractivity (Wildman–Crippen MR) is 146 cm³/mol. The highest BCUT2D eigenvalue weighted by molar-refractivity contribution is 5.99. The van der Waals surface area contributed by atoms with Crippen LogP contribution in [0.4, 0.5) is 0 Å². The highest BCUT2D eigenvalue weighted by Crippen LogP contribution is 2.35. The van der Waals surface area contributed by atoms with Crippen LogP contribution in [-0.2, 0) is 19.4 Å². The summed E-state index contributed by atoms with van der Waals surface area (Å²) >= 11 is 0. The number of aromatic nitrogens is 3. The molecule has 0 amide bonds. The minimum absolute atomic E-state index is 0.185. The molecule has 0 spiro atoms. The summed E-state index contributed by atoms with van der Waals surface area (Å²) in [7, 11) is 0. The van der Waals surface area contributed by atoms with Gasteiger partial charge in [0.1, 0.15) is 30.0 Å². The van der Waals surface area contributed by atoms with E-state index in [4.69, 9.17) is 9.47 Å². The van der Waals surface area contributed by atoms with Gasteiger partial charge >= 0.3 is 0 Å². The minimum Gasteiger partial charge on any atom is -0.489 e. The van der Waals surface area contributed by atoms with Crippen LogP contribution in [0.3, 0.4) is 0 Å². The average Bonchev–Trinajstić information content (AvgIpc) is 3.68. The number of nitrogens with one attached hydrogen (secondary N) is 1. The number of hydrogen-bond acceptors (Lipinski definition) is 4. The first kappa shape index (κ1) is 23.8. The van der Waals surface area contributed by atoms with Gasteiger partial charge in [0.05, 0.1) is 0 Å². The van der Waals surface area contributed by atoms with E-state index in [9.17, 15) is 4.79 Å². The van der Waals surface area contributed by atoms with Gasteiger partial charge in [-0.15, -0.1) is 0 Å². The molecule has 0 bridgehead atoms. The lowest BCUT2D eigenvalue weighted by atomic mass is 9.87. The van der Waals surface area contributed by atoms with Crippen LogP contribution in [0.5, 0.6) is 11.5 Å². The highest BCUT2D eigenvalue weighted by atomic mass is 16.5. The molecule has 5 aromatic rings. The summed E-state index contributed by atoms with van der Waals surface area (Å²) < 4.78 is 15.0. The Labute approximate surface area is 221 Å². The summed E-state index contributed by atoms with van der Waals surface area (Å²) in [4.78, 5) is 20.3. The number of aromatic amines is 1. The fraction of sp³-hybridized carbons (Fsp3) is 0.188. The quantitative estimate of drug-likeness (QED) is 0.244. The predicted octanol–water partition coefficient (Wildman–Crippen LogP) is 6.66. The molecule has 6 heteroatoms. The number of carbonyl (C=O) groups is 1. The molecule has 190 valence electrons. The van der Waals surface area contributed by atoms with Crippen LogP contribution in [0.25, 0.3) is 5.69 Å². The third kappa shape index (κ3) is 5.11. The van der Waals surface area contributed by atoms with Crippen molar-refractivity contribution in [3.05, 3.63) is 132 Å². The number of ketones is 1. The van der Waals surface area contributed by atoms with Crippen molar-refractivity contribution in [3.63, 3.8) is 0 Å². The number of rotatable bonds is 9. The van der Waals surface area contributed by atoms with Gasteiger partial charge in [0, 0.05) is 54.4 Å². The third-order valence-corrected chi connectivity index (χ3v) is 7.02. The number of Topliss-reactive ketones (excluding diaryl/α,β-unsaturated/α-hetero) is 1. The van der Waals surface area contributed by atoms with E-state index >= 15 is 0 Å². The molecule has 1 atom stereocenters. The van der Waals surface area contributed by atoms with E-state index in [1.165, 1.54) is 0 Å². The van der Waals surface area contributed by atoms with E-state index in [1.54, 1.807) is 6.20 Å². The van der Waals surface area contributed by atoms with E-state index in [-0.39, 0.29) is 11.9 Å². The van der Waals surface area contributed by atoms with Gasteiger partial charge in [0.25, 0.3) is 0 Å². The normalized spacial score (nSPS) is 13.6. The summed E-state index contributed by atoms with van der Waals surface area (Å²) in [5, 5.41) is 0. The van der Waals surface area contributed by atoms with Gasteiger partial charge in [-0.1, -0.05) is 30.3 Å². The van der Waals surface area contributed by atoms with Crippen LogP contribution < -0.4 is 9.47 Å². The van der Waals surface area contributed by atoms with Crippen molar-refractivity contribution in [1.82, 2.24) is 14.5 Å². The molecular weight excluding hydrogens is 474 g/mol. The molecule has 0 aliphatic heterocycles. The number of carbonyl (C=O) groups excluding carboxylic acids is 1. The second-order valence-electron chi connectivity index (χ2n) is 9.48. The smallest absolute Gasteiger partial charge is 0.163 e. The molecule has 0 radical (unpaired) electrons. The van der Waals surface area contributed by atoms with Gasteiger partial charge in [-0.3, -0.25) is 4.79 Å². The standard InChI is InChI=1S/C32H29N3O3/c36-29-10-6-9-26-27(29)15-16-30(38-31(21-32-33-17-18-34-32)23-7-2-1-3-8-23)28(26)22-37-25-13-11-24(12-14-25)35-19-4-5-20-35/h1-5,7-8,11-20,31H,6,9-10,21-22H2,(H,33,34)/t31-/m0/s1. The maximum absolute atomic E-state index is 12.7. The monoisotopic (exact) mass is 503 g/mol. The number of fused-ring (bicyclic) bond motifs is 1. The highest BCUT2D eigenvalue weighted by Gasteiger charge is 2.25. The Morgan fingerprint density at radius 1 is 0.921 bits per heavy atom. The summed E-state index contributed by atoms with van der Waals surface area (Å²) in [5.41, 5.74) is 4.88. The molecule has 0 unspecified atom stereocenters. The second kappa shape index (κ2) is 10.8. The number of nitrogens with zero attached hydrogens (tertiary/aromatic N) is 2. The molecule has 6 nitrogen and oxygen atoms in total. The third-order valence-electron chi connectivity index (χ3n) is 7.02. The molecule has 1 aliphatic carbocycles. The Morgan fingerprint density at radius 3 is 2.50 bits per heavy atom.